The number of hydrogen-bond donors (Lipinski definition) is 1. The van der Waals surface area contributed by atoms with Crippen molar-refractivity contribution >= 4 is 0 Å². The summed E-state index contributed by atoms with van der Waals surface area (Å²) in [5, 5.41) is 3.38. The van der Waals surface area contributed by atoms with Crippen molar-refractivity contribution in [2.24, 2.45) is 0 Å². The number of aryl methyl sites for hydroxylation is 1. The highest BCUT2D eigenvalue weighted by molar-refractivity contribution is 5.33. The van der Waals surface area contributed by atoms with Crippen LogP contribution in [0.15, 0.2) is 18.2 Å². The molecule has 0 unspecified atom stereocenters. The van der Waals surface area contributed by atoms with Gasteiger partial charge in [-0.1, -0.05) is 52.8 Å². The molecule has 0 aliphatic carbocycles. The number of nitrogens with one attached hydrogen (secondary N) is 1. The molecular weight excluding hydrogens is 194 g/mol. The van der Waals surface area contributed by atoms with Gasteiger partial charge in [0.2, 0.25) is 0 Å². The van der Waals surface area contributed by atoms with Crippen LogP contribution in [0.5, 0.6) is 0 Å². The van der Waals surface area contributed by atoms with Crippen LogP contribution in [-0.4, -0.2) is 6.54 Å². The van der Waals surface area contributed by atoms with Gasteiger partial charge in [0.15, 0.2) is 0 Å². The molecule has 0 spiro atoms. The Bertz CT molecular complexity index is 279. The van der Waals surface area contributed by atoms with E-state index >= 15 is 0 Å². The Morgan fingerprint density at radius 1 is 1.06 bits per heavy atom. The van der Waals surface area contributed by atoms with Gasteiger partial charge in [-0.2, -0.15) is 0 Å². The molecule has 92 valence electrons. The average Bonchev–Trinajstić information content (AvgIpc) is 2.42. The van der Waals surface area contributed by atoms with Crippen molar-refractivity contribution in [1.82, 2.24) is 5.32 Å². The molecule has 0 radical (unpaired) electrons. The van der Waals surface area contributed by atoms with Gasteiger partial charge in [0, 0.05) is 6.54 Å². The van der Waals surface area contributed by atoms with E-state index in [0.717, 1.165) is 19.5 Å². The monoisotopic (exact) mass is 221 g/mol. The minimum absolute atomic E-state index is 1.05. The molecule has 1 aliphatic rings. The van der Waals surface area contributed by atoms with Gasteiger partial charge in [0.25, 0.3) is 0 Å². The zero-order valence-electron chi connectivity index (χ0n) is 11.6. The van der Waals surface area contributed by atoms with E-state index in [4.69, 9.17) is 0 Å². The van der Waals surface area contributed by atoms with Crippen LogP contribution >= 0.6 is 0 Å². The predicted octanol–water partition coefficient (Wildman–Crippen LogP) is 3.95. The molecule has 0 saturated heterocycles. The van der Waals surface area contributed by atoms with Crippen LogP contribution in [0.25, 0.3) is 0 Å². The van der Waals surface area contributed by atoms with E-state index in [1.54, 1.807) is 5.56 Å². The molecule has 0 amide bonds. The second-order valence-corrected chi connectivity index (χ2v) is 3.38. The highest BCUT2D eigenvalue weighted by Crippen LogP contribution is 2.15. The van der Waals surface area contributed by atoms with Crippen LogP contribution in [0.2, 0.25) is 0 Å². The summed E-state index contributed by atoms with van der Waals surface area (Å²) in [7, 11) is 0. The van der Waals surface area contributed by atoms with Crippen molar-refractivity contribution in [3.8, 4) is 0 Å². The quantitative estimate of drug-likeness (QED) is 0.757. The summed E-state index contributed by atoms with van der Waals surface area (Å²) in [5.74, 6) is 0. The molecule has 16 heavy (non-hydrogen) atoms. The van der Waals surface area contributed by atoms with Crippen molar-refractivity contribution < 1.29 is 0 Å². The van der Waals surface area contributed by atoms with Crippen LogP contribution in [0.3, 0.4) is 0 Å². The first-order valence-corrected chi connectivity index (χ1v) is 6.71. The minimum atomic E-state index is 1.05. The van der Waals surface area contributed by atoms with Crippen molar-refractivity contribution in [3.63, 3.8) is 0 Å². The third kappa shape index (κ3) is 4.36. The Hall–Kier alpha value is -0.820. The lowest BCUT2D eigenvalue weighted by atomic mass is 9.98. The van der Waals surface area contributed by atoms with Gasteiger partial charge in [-0.25, -0.2) is 0 Å². The topological polar surface area (TPSA) is 12.0 Å². The first kappa shape index (κ1) is 15.2. The van der Waals surface area contributed by atoms with Gasteiger partial charge < -0.3 is 5.32 Å². The average molecular weight is 221 g/mol. The molecule has 1 aromatic carbocycles. The minimum Gasteiger partial charge on any atom is -0.312 e. The first-order chi connectivity index (χ1) is 7.90. The van der Waals surface area contributed by atoms with Crippen molar-refractivity contribution in [2.75, 3.05) is 6.54 Å². The second-order valence-electron chi connectivity index (χ2n) is 3.38. The SMILES string of the molecule is CC.CC.CCc1ccc2c(c1)CCNC2. The van der Waals surface area contributed by atoms with Gasteiger partial charge >= 0.3 is 0 Å². The van der Waals surface area contributed by atoms with Gasteiger partial charge in [-0.05, 0) is 36.1 Å². The molecule has 1 N–H and O–H groups in total. The third-order valence-corrected chi connectivity index (χ3v) is 2.57. The smallest absolute Gasteiger partial charge is 0.0208 e. The van der Waals surface area contributed by atoms with E-state index in [9.17, 15) is 0 Å². The zero-order chi connectivity index (χ0) is 12.4. The van der Waals surface area contributed by atoms with E-state index in [-0.39, 0.29) is 0 Å². The maximum absolute atomic E-state index is 3.38. The third-order valence-electron chi connectivity index (χ3n) is 2.57. The predicted molar refractivity (Wildman–Crippen MR) is 73.9 cm³/mol. The molecule has 1 aliphatic heterocycles. The summed E-state index contributed by atoms with van der Waals surface area (Å²) < 4.78 is 0. The standard InChI is InChI=1S/C11H15N.2C2H6/c1-2-9-3-4-11-8-12-6-5-10(11)7-9;2*1-2/h3-4,7,12H,2,5-6,8H2,1H3;2*1-2H3. The summed E-state index contributed by atoms with van der Waals surface area (Å²) in [6, 6.07) is 6.86. The maximum atomic E-state index is 3.38. The molecule has 1 heteroatoms. The van der Waals surface area contributed by atoms with Crippen LogP contribution in [-0.2, 0) is 19.4 Å². The summed E-state index contributed by atoms with van der Waals surface area (Å²) in [5.41, 5.74) is 4.50. The van der Waals surface area contributed by atoms with Crippen LogP contribution < -0.4 is 5.32 Å². The molecule has 0 bridgehead atoms. The summed E-state index contributed by atoms with van der Waals surface area (Å²) in [6.45, 7) is 12.4. The maximum Gasteiger partial charge on any atom is 0.0208 e. The van der Waals surface area contributed by atoms with E-state index in [2.05, 4.69) is 30.4 Å². The number of fused-ring (bicyclic) bond motifs is 1. The Morgan fingerprint density at radius 2 is 1.75 bits per heavy atom. The fourth-order valence-electron chi connectivity index (χ4n) is 1.75. The zero-order valence-corrected chi connectivity index (χ0v) is 11.6. The largest absolute Gasteiger partial charge is 0.312 e. The van der Waals surface area contributed by atoms with E-state index < -0.39 is 0 Å². The van der Waals surface area contributed by atoms with E-state index in [1.165, 1.54) is 17.5 Å². The fraction of sp³-hybridized carbons (Fsp3) is 0.600. The summed E-state index contributed by atoms with van der Waals surface area (Å²) in [6.07, 6.45) is 2.35. The van der Waals surface area contributed by atoms with Gasteiger partial charge in [-0.3, -0.25) is 0 Å². The van der Waals surface area contributed by atoms with Crippen LogP contribution in [0.4, 0.5) is 0 Å². The molecule has 0 aromatic heterocycles. The molecule has 2 rings (SSSR count). The van der Waals surface area contributed by atoms with Gasteiger partial charge in [-0.15, -0.1) is 0 Å². The van der Waals surface area contributed by atoms with Crippen LogP contribution in [0.1, 0.15) is 51.3 Å². The Balaban J connectivity index is 0.000000509. The molecule has 1 aromatic rings. The summed E-state index contributed by atoms with van der Waals surface area (Å²) >= 11 is 0. The molecule has 0 atom stereocenters. The molecule has 1 nitrogen and oxygen atoms in total. The summed E-state index contributed by atoms with van der Waals surface area (Å²) in [4.78, 5) is 0. The van der Waals surface area contributed by atoms with Crippen molar-refractivity contribution in [3.05, 3.63) is 34.9 Å². The molecule has 0 saturated carbocycles. The Labute approximate surface area is 101 Å². The normalized spacial score (nSPS) is 12.6. The lowest BCUT2D eigenvalue weighted by molar-refractivity contribution is 0.643. The highest BCUT2D eigenvalue weighted by atomic mass is 14.9. The molecule has 1 heterocycles. The highest BCUT2D eigenvalue weighted by Gasteiger charge is 2.07. The second kappa shape index (κ2) is 9.41. The fourth-order valence-corrected chi connectivity index (χ4v) is 1.75. The van der Waals surface area contributed by atoms with E-state index in [1.807, 2.05) is 27.7 Å². The van der Waals surface area contributed by atoms with Crippen LogP contribution in [0, 0.1) is 0 Å². The number of benzene rings is 1. The van der Waals surface area contributed by atoms with Crippen molar-refractivity contribution in [1.29, 1.82) is 0 Å². The number of hydrogen-bond acceptors (Lipinski definition) is 1. The number of rotatable bonds is 1. The Kier molecular flexibility index (Phi) is 8.93. The van der Waals surface area contributed by atoms with Crippen molar-refractivity contribution in [2.45, 2.75) is 54.0 Å². The lowest BCUT2D eigenvalue weighted by Crippen LogP contribution is -2.23. The first-order valence-electron chi connectivity index (χ1n) is 6.71. The van der Waals surface area contributed by atoms with E-state index in [0.29, 0.717) is 0 Å². The molecular formula is C15H27N. The molecule has 0 fully saturated rings. The van der Waals surface area contributed by atoms with Gasteiger partial charge in [0.1, 0.15) is 0 Å². The lowest BCUT2D eigenvalue weighted by Gasteiger charge is -2.17. The Morgan fingerprint density at radius 3 is 2.38 bits per heavy atom. The van der Waals surface area contributed by atoms with Gasteiger partial charge in [0.05, 0.1) is 0 Å².